The molecule has 1 heterocycles. The summed E-state index contributed by atoms with van der Waals surface area (Å²) in [6.45, 7) is 8.02. The van der Waals surface area contributed by atoms with E-state index in [0.717, 1.165) is 47.8 Å². The molecule has 0 radical (unpaired) electrons. The van der Waals surface area contributed by atoms with Gasteiger partial charge in [-0.3, -0.25) is 14.5 Å². The zero-order valence-electron chi connectivity index (χ0n) is 21.9. The SMILES string of the molecule is CCC(=O)N1c2ccccc2NC2=C(C(=O)C[C@@H](c3ccccc3)C2)[C@@H]1c1ccc(N(CC)CC)cc1. The lowest BCUT2D eigenvalue weighted by Crippen LogP contribution is -2.38. The van der Waals surface area contributed by atoms with Crippen LogP contribution in [0.1, 0.15) is 63.1 Å². The number of nitrogens with zero attached hydrogens (tertiary/aromatic N) is 2. The Balaban J connectivity index is 1.67. The van der Waals surface area contributed by atoms with Gasteiger partial charge in [0.05, 0.1) is 17.4 Å². The Bertz CT molecular complexity index is 1310. The molecule has 1 N–H and O–H groups in total. The topological polar surface area (TPSA) is 52.7 Å². The number of carbonyl (C=O) groups is 2. The lowest BCUT2D eigenvalue weighted by Gasteiger charge is -2.35. The molecular formula is C32H35N3O2. The van der Waals surface area contributed by atoms with Crippen LogP contribution in [0.4, 0.5) is 17.1 Å². The van der Waals surface area contributed by atoms with Crippen molar-refractivity contribution in [3.63, 3.8) is 0 Å². The number of allylic oxidation sites excluding steroid dienone is 1. The van der Waals surface area contributed by atoms with Gasteiger partial charge in [-0.15, -0.1) is 0 Å². The van der Waals surface area contributed by atoms with Crippen molar-refractivity contribution in [2.24, 2.45) is 0 Å². The van der Waals surface area contributed by atoms with Crippen LogP contribution in [-0.4, -0.2) is 24.8 Å². The van der Waals surface area contributed by atoms with E-state index in [0.29, 0.717) is 18.4 Å². The number of amides is 1. The Morgan fingerprint density at radius 3 is 2.22 bits per heavy atom. The Labute approximate surface area is 219 Å². The van der Waals surface area contributed by atoms with E-state index in [4.69, 9.17) is 0 Å². The molecule has 1 aliphatic carbocycles. The number of hydrogen-bond donors (Lipinski definition) is 1. The number of hydrogen-bond acceptors (Lipinski definition) is 4. The molecule has 0 bridgehead atoms. The van der Waals surface area contributed by atoms with Crippen LogP contribution in [0.25, 0.3) is 0 Å². The fourth-order valence-electron chi connectivity index (χ4n) is 5.77. The summed E-state index contributed by atoms with van der Waals surface area (Å²) in [5.74, 6) is 0.201. The van der Waals surface area contributed by atoms with Crippen LogP contribution in [-0.2, 0) is 9.59 Å². The van der Waals surface area contributed by atoms with Gasteiger partial charge in [0.1, 0.15) is 0 Å². The minimum absolute atomic E-state index is 0.00111. The average molecular weight is 494 g/mol. The first-order valence-corrected chi connectivity index (χ1v) is 13.4. The zero-order chi connectivity index (χ0) is 25.9. The van der Waals surface area contributed by atoms with E-state index < -0.39 is 6.04 Å². The summed E-state index contributed by atoms with van der Waals surface area (Å²) >= 11 is 0. The van der Waals surface area contributed by atoms with Gasteiger partial charge >= 0.3 is 0 Å². The van der Waals surface area contributed by atoms with Gasteiger partial charge < -0.3 is 10.2 Å². The summed E-state index contributed by atoms with van der Waals surface area (Å²) in [5, 5.41) is 3.60. The van der Waals surface area contributed by atoms with Crippen LogP contribution in [0.2, 0.25) is 0 Å². The quantitative estimate of drug-likeness (QED) is 0.408. The van der Waals surface area contributed by atoms with Crippen molar-refractivity contribution in [3.05, 3.63) is 101 Å². The number of para-hydroxylation sites is 2. The first kappa shape index (κ1) is 24.8. The molecule has 2 atom stereocenters. The highest BCUT2D eigenvalue weighted by molar-refractivity contribution is 6.06. The van der Waals surface area contributed by atoms with Crippen LogP contribution in [0.3, 0.4) is 0 Å². The van der Waals surface area contributed by atoms with E-state index in [9.17, 15) is 9.59 Å². The average Bonchev–Trinajstić information content (AvgIpc) is 3.09. The van der Waals surface area contributed by atoms with Gasteiger partial charge in [-0.2, -0.15) is 0 Å². The van der Waals surface area contributed by atoms with Crippen LogP contribution >= 0.6 is 0 Å². The van der Waals surface area contributed by atoms with Gasteiger partial charge in [0.25, 0.3) is 0 Å². The molecule has 0 spiro atoms. The highest BCUT2D eigenvalue weighted by atomic mass is 16.2. The molecule has 0 aromatic heterocycles. The van der Waals surface area contributed by atoms with Crippen LogP contribution in [0.15, 0.2) is 90.1 Å². The maximum Gasteiger partial charge on any atom is 0.227 e. The van der Waals surface area contributed by atoms with Gasteiger partial charge in [0.2, 0.25) is 5.91 Å². The highest BCUT2D eigenvalue weighted by Gasteiger charge is 2.41. The molecule has 37 heavy (non-hydrogen) atoms. The molecule has 5 rings (SSSR count). The molecule has 0 fully saturated rings. The van der Waals surface area contributed by atoms with E-state index in [2.05, 4.69) is 60.5 Å². The second-order valence-electron chi connectivity index (χ2n) is 9.76. The maximum absolute atomic E-state index is 14.0. The highest BCUT2D eigenvalue weighted by Crippen LogP contribution is 2.47. The number of benzene rings is 3. The van der Waals surface area contributed by atoms with Crippen molar-refractivity contribution in [3.8, 4) is 0 Å². The van der Waals surface area contributed by atoms with Crippen molar-refractivity contribution in [2.75, 3.05) is 28.2 Å². The summed E-state index contributed by atoms with van der Waals surface area (Å²) in [6, 6.07) is 26.1. The largest absolute Gasteiger partial charge is 0.372 e. The number of Topliss-reactive ketones (excluding diaryl/α,β-unsaturated/α-hetero) is 1. The molecule has 0 unspecified atom stereocenters. The lowest BCUT2D eigenvalue weighted by atomic mass is 9.78. The zero-order valence-corrected chi connectivity index (χ0v) is 21.9. The summed E-state index contributed by atoms with van der Waals surface area (Å²) < 4.78 is 0. The molecule has 3 aromatic carbocycles. The van der Waals surface area contributed by atoms with E-state index in [1.165, 1.54) is 5.56 Å². The van der Waals surface area contributed by atoms with E-state index in [-0.39, 0.29) is 17.6 Å². The van der Waals surface area contributed by atoms with Crippen molar-refractivity contribution >= 4 is 28.8 Å². The van der Waals surface area contributed by atoms with Crippen molar-refractivity contribution in [1.82, 2.24) is 0 Å². The fraction of sp³-hybridized carbons (Fsp3) is 0.312. The summed E-state index contributed by atoms with van der Waals surface area (Å²) in [6.07, 6.45) is 1.51. The number of ketones is 1. The monoisotopic (exact) mass is 493 g/mol. The first-order valence-electron chi connectivity index (χ1n) is 13.4. The first-order chi connectivity index (χ1) is 18.0. The molecule has 1 aliphatic heterocycles. The second-order valence-corrected chi connectivity index (χ2v) is 9.76. The molecule has 0 saturated heterocycles. The number of carbonyl (C=O) groups excluding carboxylic acids is 2. The predicted molar refractivity (Wildman–Crippen MR) is 151 cm³/mol. The molecule has 3 aromatic rings. The smallest absolute Gasteiger partial charge is 0.227 e. The Morgan fingerprint density at radius 2 is 1.54 bits per heavy atom. The summed E-state index contributed by atoms with van der Waals surface area (Å²) in [5.41, 5.74) is 6.56. The van der Waals surface area contributed by atoms with Crippen molar-refractivity contribution < 1.29 is 9.59 Å². The lowest BCUT2D eigenvalue weighted by molar-refractivity contribution is -0.119. The number of anilines is 3. The van der Waals surface area contributed by atoms with Gasteiger partial charge in [-0.05, 0) is 61.6 Å². The van der Waals surface area contributed by atoms with Crippen molar-refractivity contribution in [2.45, 2.75) is 52.0 Å². The predicted octanol–water partition coefficient (Wildman–Crippen LogP) is 6.84. The Kier molecular flexibility index (Phi) is 7.13. The van der Waals surface area contributed by atoms with Crippen molar-refractivity contribution in [1.29, 1.82) is 0 Å². The summed E-state index contributed by atoms with van der Waals surface area (Å²) in [7, 11) is 0. The molecule has 190 valence electrons. The molecule has 2 aliphatic rings. The Hall–Kier alpha value is -3.86. The number of rotatable bonds is 6. The third-order valence-corrected chi connectivity index (χ3v) is 7.67. The molecular weight excluding hydrogens is 458 g/mol. The van der Waals surface area contributed by atoms with E-state index in [1.807, 2.05) is 54.3 Å². The third-order valence-electron chi connectivity index (χ3n) is 7.67. The van der Waals surface area contributed by atoms with Crippen LogP contribution in [0, 0.1) is 0 Å². The van der Waals surface area contributed by atoms with E-state index in [1.54, 1.807) is 0 Å². The Morgan fingerprint density at radius 1 is 0.865 bits per heavy atom. The maximum atomic E-state index is 14.0. The fourth-order valence-corrected chi connectivity index (χ4v) is 5.77. The van der Waals surface area contributed by atoms with E-state index >= 15 is 0 Å². The standard InChI is InChI=1S/C32H35N3O2/c1-4-30(37)35-28-15-11-10-14-26(28)33-27-20-24(22-12-8-7-9-13-22)21-29(36)31(27)32(35)23-16-18-25(19-17-23)34(5-2)6-3/h7-19,24,32-33H,4-6,20-21H2,1-3H3/t24-,32-/m0/s1. The molecule has 5 nitrogen and oxygen atoms in total. The van der Waals surface area contributed by atoms with Crippen LogP contribution in [0.5, 0.6) is 0 Å². The third kappa shape index (κ3) is 4.66. The minimum Gasteiger partial charge on any atom is -0.372 e. The minimum atomic E-state index is -0.478. The number of nitrogens with one attached hydrogen (secondary N) is 1. The van der Waals surface area contributed by atoms with Gasteiger partial charge in [-0.25, -0.2) is 0 Å². The molecule has 5 heteroatoms. The van der Waals surface area contributed by atoms with Gasteiger partial charge in [0.15, 0.2) is 5.78 Å². The molecule has 1 amide bonds. The molecule has 0 saturated carbocycles. The number of fused-ring (bicyclic) bond motifs is 1. The van der Waals surface area contributed by atoms with Gasteiger partial charge in [0, 0.05) is 42.9 Å². The normalized spacial score (nSPS) is 19.0. The second kappa shape index (κ2) is 10.6. The summed E-state index contributed by atoms with van der Waals surface area (Å²) in [4.78, 5) is 31.7. The van der Waals surface area contributed by atoms with Gasteiger partial charge in [-0.1, -0.05) is 61.5 Å². The van der Waals surface area contributed by atoms with Crippen LogP contribution < -0.4 is 15.1 Å².